The summed E-state index contributed by atoms with van der Waals surface area (Å²) in [5.74, 6) is -0.728. The lowest BCUT2D eigenvalue weighted by molar-refractivity contribution is -0.136. The highest BCUT2D eigenvalue weighted by Crippen LogP contribution is 2.35. The Labute approximate surface area is 149 Å². The summed E-state index contributed by atoms with van der Waals surface area (Å²) in [7, 11) is 1.24. The SMILES string of the molecule is COC(=O)C1=C(Nc2cc(C)c3c(c2)NC(=O)CO3)C(=O)N(CCO)C1. The standard InChI is InChI=1S/C17H19N3O6/c1-9-5-10(6-12-15(9)26-8-13(22)19-12)18-14-11(17(24)25-2)7-20(3-4-21)16(14)23/h5-6,18,21H,3-4,7-8H2,1-2H3,(H,19,22). The van der Waals surface area contributed by atoms with Gasteiger partial charge in [0.15, 0.2) is 6.61 Å². The number of aliphatic hydroxyl groups is 1. The maximum absolute atomic E-state index is 12.5. The van der Waals surface area contributed by atoms with E-state index in [-0.39, 0.29) is 43.5 Å². The monoisotopic (exact) mass is 361 g/mol. The van der Waals surface area contributed by atoms with Gasteiger partial charge in [0.25, 0.3) is 11.8 Å². The minimum Gasteiger partial charge on any atom is -0.481 e. The van der Waals surface area contributed by atoms with Gasteiger partial charge in [0, 0.05) is 12.2 Å². The quantitative estimate of drug-likeness (QED) is 0.632. The fraction of sp³-hybridized carbons (Fsp3) is 0.353. The predicted molar refractivity (Wildman–Crippen MR) is 91.6 cm³/mol. The molecule has 9 nitrogen and oxygen atoms in total. The number of fused-ring (bicyclic) bond motifs is 1. The number of benzene rings is 1. The summed E-state index contributed by atoms with van der Waals surface area (Å²) in [6.07, 6.45) is 0. The number of aryl methyl sites for hydroxylation is 1. The first-order valence-corrected chi connectivity index (χ1v) is 8.00. The lowest BCUT2D eigenvalue weighted by atomic mass is 10.1. The van der Waals surface area contributed by atoms with E-state index in [1.165, 1.54) is 12.0 Å². The number of anilines is 2. The summed E-state index contributed by atoms with van der Waals surface area (Å²) < 4.78 is 10.2. The molecular formula is C17H19N3O6. The van der Waals surface area contributed by atoms with Gasteiger partial charge in [0.2, 0.25) is 0 Å². The molecule has 1 aromatic carbocycles. The Morgan fingerprint density at radius 2 is 2.19 bits per heavy atom. The molecule has 0 saturated heterocycles. The Hall–Kier alpha value is -3.07. The molecule has 3 rings (SSSR count). The van der Waals surface area contributed by atoms with Gasteiger partial charge in [-0.2, -0.15) is 0 Å². The fourth-order valence-electron chi connectivity index (χ4n) is 2.95. The summed E-state index contributed by atoms with van der Waals surface area (Å²) in [4.78, 5) is 37.4. The molecule has 2 heterocycles. The number of carbonyl (C=O) groups excluding carboxylic acids is 3. The van der Waals surface area contributed by atoms with Gasteiger partial charge in [-0.25, -0.2) is 4.79 Å². The van der Waals surface area contributed by atoms with Crippen LogP contribution in [0.2, 0.25) is 0 Å². The Balaban J connectivity index is 1.94. The third-order valence-corrected chi connectivity index (χ3v) is 4.12. The molecule has 0 atom stereocenters. The van der Waals surface area contributed by atoms with E-state index in [0.29, 0.717) is 17.1 Å². The number of methoxy groups -OCH3 is 1. The van der Waals surface area contributed by atoms with Crippen LogP contribution in [0.3, 0.4) is 0 Å². The van der Waals surface area contributed by atoms with Crippen molar-refractivity contribution in [3.8, 4) is 5.75 Å². The molecule has 26 heavy (non-hydrogen) atoms. The van der Waals surface area contributed by atoms with Crippen LogP contribution in [0.15, 0.2) is 23.4 Å². The lowest BCUT2D eigenvalue weighted by Gasteiger charge is -2.21. The number of hydrogen-bond donors (Lipinski definition) is 3. The van der Waals surface area contributed by atoms with Crippen LogP contribution in [-0.2, 0) is 19.1 Å². The number of ether oxygens (including phenoxy) is 2. The zero-order chi connectivity index (χ0) is 18.8. The van der Waals surface area contributed by atoms with Crippen LogP contribution in [0, 0.1) is 6.92 Å². The first kappa shape index (κ1) is 17.7. The maximum atomic E-state index is 12.5. The van der Waals surface area contributed by atoms with Crippen LogP contribution in [0.5, 0.6) is 5.75 Å². The molecule has 9 heteroatoms. The van der Waals surface area contributed by atoms with Crippen molar-refractivity contribution < 1.29 is 29.0 Å². The normalized spacial score (nSPS) is 16.2. The van der Waals surface area contributed by atoms with Gasteiger partial charge >= 0.3 is 5.97 Å². The van der Waals surface area contributed by atoms with Crippen LogP contribution < -0.4 is 15.4 Å². The number of carbonyl (C=O) groups is 3. The summed E-state index contributed by atoms with van der Waals surface area (Å²) in [5.41, 5.74) is 2.04. The summed E-state index contributed by atoms with van der Waals surface area (Å²) in [5, 5.41) is 14.8. The van der Waals surface area contributed by atoms with Gasteiger partial charge in [-0.1, -0.05) is 0 Å². The Morgan fingerprint density at radius 3 is 2.88 bits per heavy atom. The Morgan fingerprint density at radius 1 is 1.42 bits per heavy atom. The van der Waals surface area contributed by atoms with Gasteiger partial charge in [-0.3, -0.25) is 9.59 Å². The van der Waals surface area contributed by atoms with Crippen molar-refractivity contribution in [2.75, 3.05) is 44.0 Å². The first-order chi connectivity index (χ1) is 12.4. The van der Waals surface area contributed by atoms with Crippen molar-refractivity contribution in [3.05, 3.63) is 29.0 Å². The lowest BCUT2D eigenvalue weighted by Crippen LogP contribution is -2.31. The molecule has 0 radical (unpaired) electrons. The third kappa shape index (κ3) is 3.21. The largest absolute Gasteiger partial charge is 0.481 e. The predicted octanol–water partition coefficient (Wildman–Crippen LogP) is -0.000580. The van der Waals surface area contributed by atoms with Crippen molar-refractivity contribution in [1.82, 2.24) is 4.90 Å². The molecular weight excluding hydrogens is 342 g/mol. The second kappa shape index (κ2) is 7.04. The van der Waals surface area contributed by atoms with Crippen LogP contribution in [0.4, 0.5) is 11.4 Å². The van der Waals surface area contributed by atoms with Gasteiger partial charge < -0.3 is 30.1 Å². The minimum absolute atomic E-state index is 0.0487. The fourth-order valence-corrected chi connectivity index (χ4v) is 2.95. The van der Waals surface area contributed by atoms with Crippen molar-refractivity contribution >= 4 is 29.2 Å². The zero-order valence-electron chi connectivity index (χ0n) is 14.4. The summed E-state index contributed by atoms with van der Waals surface area (Å²) >= 11 is 0. The van der Waals surface area contributed by atoms with Crippen molar-refractivity contribution in [3.63, 3.8) is 0 Å². The van der Waals surface area contributed by atoms with E-state index in [1.54, 1.807) is 12.1 Å². The molecule has 0 spiro atoms. The maximum Gasteiger partial charge on any atom is 0.337 e. The minimum atomic E-state index is -0.618. The summed E-state index contributed by atoms with van der Waals surface area (Å²) in [6.45, 7) is 1.71. The molecule has 1 aromatic rings. The molecule has 0 unspecified atom stereocenters. The molecule has 2 aliphatic rings. The first-order valence-electron chi connectivity index (χ1n) is 8.00. The van der Waals surface area contributed by atoms with Gasteiger partial charge in [-0.05, 0) is 24.6 Å². The van der Waals surface area contributed by atoms with Crippen molar-refractivity contribution in [2.45, 2.75) is 6.92 Å². The van der Waals surface area contributed by atoms with Gasteiger partial charge in [0.1, 0.15) is 11.4 Å². The molecule has 3 N–H and O–H groups in total. The number of β-amino-alcohol motifs (C(OH)–C–C–N with tert-alkyl or cyclic N) is 1. The topological polar surface area (TPSA) is 117 Å². The van der Waals surface area contributed by atoms with E-state index >= 15 is 0 Å². The van der Waals surface area contributed by atoms with E-state index in [1.807, 2.05) is 6.92 Å². The van der Waals surface area contributed by atoms with E-state index < -0.39 is 11.9 Å². The number of amides is 2. The number of esters is 1. The number of hydrogen-bond acceptors (Lipinski definition) is 7. The highest BCUT2D eigenvalue weighted by atomic mass is 16.5. The van der Waals surface area contributed by atoms with Crippen molar-refractivity contribution in [1.29, 1.82) is 0 Å². The van der Waals surface area contributed by atoms with E-state index in [4.69, 9.17) is 14.6 Å². The number of nitrogens with zero attached hydrogens (tertiary/aromatic N) is 1. The average Bonchev–Trinajstić information content (AvgIpc) is 2.90. The van der Waals surface area contributed by atoms with Crippen LogP contribution in [0.25, 0.3) is 0 Å². The van der Waals surface area contributed by atoms with Crippen LogP contribution in [0.1, 0.15) is 5.56 Å². The number of aliphatic hydroxyl groups excluding tert-OH is 1. The molecule has 0 aromatic heterocycles. The molecule has 2 amide bonds. The number of rotatable bonds is 5. The van der Waals surface area contributed by atoms with Gasteiger partial charge in [-0.15, -0.1) is 0 Å². The smallest absolute Gasteiger partial charge is 0.337 e. The molecule has 0 fully saturated rings. The van der Waals surface area contributed by atoms with Gasteiger partial charge in [0.05, 0.1) is 31.5 Å². The molecule has 0 bridgehead atoms. The Bertz CT molecular complexity index is 817. The average molecular weight is 361 g/mol. The third-order valence-electron chi connectivity index (χ3n) is 4.12. The Kier molecular flexibility index (Phi) is 4.81. The summed E-state index contributed by atoms with van der Waals surface area (Å²) in [6, 6.07) is 3.38. The molecule has 2 aliphatic heterocycles. The molecule has 0 saturated carbocycles. The second-order valence-electron chi connectivity index (χ2n) is 5.93. The number of nitrogens with one attached hydrogen (secondary N) is 2. The van der Waals surface area contributed by atoms with Crippen LogP contribution in [-0.4, -0.2) is 61.2 Å². The second-order valence-corrected chi connectivity index (χ2v) is 5.93. The highest BCUT2D eigenvalue weighted by molar-refractivity contribution is 6.08. The molecule has 0 aliphatic carbocycles. The van der Waals surface area contributed by atoms with E-state index in [9.17, 15) is 14.4 Å². The highest BCUT2D eigenvalue weighted by Gasteiger charge is 2.34. The van der Waals surface area contributed by atoms with Crippen LogP contribution >= 0.6 is 0 Å². The van der Waals surface area contributed by atoms with E-state index in [0.717, 1.165) is 5.56 Å². The van der Waals surface area contributed by atoms with Crippen molar-refractivity contribution in [2.24, 2.45) is 0 Å². The zero-order valence-corrected chi connectivity index (χ0v) is 14.4. The van der Waals surface area contributed by atoms with E-state index in [2.05, 4.69) is 10.6 Å². The molecule has 138 valence electrons.